The number of hydrogen-bond donors (Lipinski definition) is 1. The molecule has 3 rings (SSSR count). The lowest BCUT2D eigenvalue weighted by atomic mass is 9.99. The van der Waals surface area contributed by atoms with Crippen molar-refractivity contribution in [2.45, 2.75) is 19.9 Å². The van der Waals surface area contributed by atoms with E-state index in [-0.39, 0.29) is 12.4 Å². The molecule has 0 aliphatic heterocycles. The largest absolute Gasteiger partial charge is 0.329 e. The van der Waals surface area contributed by atoms with Crippen molar-refractivity contribution in [2.24, 2.45) is 12.8 Å². The van der Waals surface area contributed by atoms with Crippen molar-refractivity contribution in [2.75, 3.05) is 19.6 Å². The van der Waals surface area contributed by atoms with Crippen molar-refractivity contribution < 1.29 is 0 Å². The molecule has 144 valence electrons. The summed E-state index contributed by atoms with van der Waals surface area (Å²) >= 11 is 0. The van der Waals surface area contributed by atoms with Crippen LogP contribution < -0.4 is 5.73 Å². The molecule has 0 spiro atoms. The van der Waals surface area contributed by atoms with Gasteiger partial charge in [-0.3, -0.25) is 9.58 Å². The zero-order chi connectivity index (χ0) is 18.4. The Hall–Kier alpha value is -2.14. The summed E-state index contributed by atoms with van der Waals surface area (Å²) in [6.45, 7) is 5.60. The van der Waals surface area contributed by atoms with Crippen LogP contribution in [0.4, 0.5) is 0 Å². The number of nitrogens with two attached hydrogens (primary N) is 1. The quantitative estimate of drug-likeness (QED) is 0.642. The maximum atomic E-state index is 5.87. The van der Waals surface area contributed by atoms with Crippen LogP contribution in [0.3, 0.4) is 0 Å². The zero-order valence-electron chi connectivity index (χ0n) is 16.1. The Labute approximate surface area is 168 Å². The van der Waals surface area contributed by atoms with Gasteiger partial charge < -0.3 is 5.73 Å². The molecule has 0 amide bonds. The lowest BCUT2D eigenvalue weighted by Gasteiger charge is -2.23. The lowest BCUT2D eigenvalue weighted by Crippen LogP contribution is -2.31. The average Bonchev–Trinajstić information content (AvgIpc) is 3.08. The molecule has 0 unspecified atom stereocenters. The van der Waals surface area contributed by atoms with Crippen molar-refractivity contribution in [3.8, 4) is 11.1 Å². The number of halogens is 1. The van der Waals surface area contributed by atoms with Gasteiger partial charge in [-0.25, -0.2) is 0 Å². The van der Waals surface area contributed by atoms with E-state index in [1.54, 1.807) is 0 Å². The molecule has 0 saturated carbocycles. The smallest absolute Gasteiger partial charge is 0.0568 e. The van der Waals surface area contributed by atoms with Crippen molar-refractivity contribution in [1.82, 2.24) is 14.7 Å². The molecule has 1 heterocycles. The van der Waals surface area contributed by atoms with Crippen molar-refractivity contribution in [3.63, 3.8) is 0 Å². The Balaban J connectivity index is 0.00000261. The van der Waals surface area contributed by atoms with Crippen LogP contribution in [0.5, 0.6) is 0 Å². The maximum absolute atomic E-state index is 5.87. The summed E-state index contributed by atoms with van der Waals surface area (Å²) in [5.41, 5.74) is 12.3. The van der Waals surface area contributed by atoms with Gasteiger partial charge in [0.25, 0.3) is 0 Å². The highest BCUT2D eigenvalue weighted by Crippen LogP contribution is 2.26. The Morgan fingerprint density at radius 3 is 2.52 bits per heavy atom. The van der Waals surface area contributed by atoms with E-state index < -0.39 is 0 Å². The van der Waals surface area contributed by atoms with Gasteiger partial charge in [0.2, 0.25) is 0 Å². The molecular formula is C22H29ClN4. The molecule has 4 nitrogen and oxygen atoms in total. The topological polar surface area (TPSA) is 47.1 Å². The van der Waals surface area contributed by atoms with Crippen molar-refractivity contribution in [1.29, 1.82) is 0 Å². The van der Waals surface area contributed by atoms with Gasteiger partial charge in [-0.2, -0.15) is 5.10 Å². The van der Waals surface area contributed by atoms with Gasteiger partial charge in [-0.05, 0) is 30.0 Å². The average molecular weight is 385 g/mol. The van der Waals surface area contributed by atoms with Crippen LogP contribution in [-0.4, -0.2) is 34.3 Å². The van der Waals surface area contributed by atoms with Crippen LogP contribution in [0.25, 0.3) is 11.1 Å². The third-order valence-electron chi connectivity index (χ3n) is 4.68. The number of aromatic nitrogens is 2. The van der Waals surface area contributed by atoms with E-state index >= 15 is 0 Å². The minimum atomic E-state index is 0. The number of aryl methyl sites for hydroxylation is 2. The predicted octanol–water partition coefficient (Wildman–Crippen LogP) is 3.82. The van der Waals surface area contributed by atoms with Gasteiger partial charge in [0, 0.05) is 45.0 Å². The van der Waals surface area contributed by atoms with Gasteiger partial charge in [-0.1, -0.05) is 54.1 Å². The second-order valence-electron chi connectivity index (χ2n) is 6.86. The number of hydrogen-bond acceptors (Lipinski definition) is 3. The van der Waals surface area contributed by atoms with Gasteiger partial charge in [0.15, 0.2) is 0 Å². The minimum absolute atomic E-state index is 0. The van der Waals surface area contributed by atoms with E-state index in [2.05, 4.69) is 71.7 Å². The van der Waals surface area contributed by atoms with Crippen LogP contribution in [0.2, 0.25) is 0 Å². The summed E-state index contributed by atoms with van der Waals surface area (Å²) < 4.78 is 1.86. The van der Waals surface area contributed by atoms with Gasteiger partial charge >= 0.3 is 0 Å². The van der Waals surface area contributed by atoms with E-state index in [1.807, 2.05) is 17.9 Å². The number of benzene rings is 2. The van der Waals surface area contributed by atoms with Crippen LogP contribution in [0.1, 0.15) is 16.7 Å². The second-order valence-corrected chi connectivity index (χ2v) is 6.86. The Kier molecular flexibility index (Phi) is 8.04. The molecule has 5 heteroatoms. The van der Waals surface area contributed by atoms with Crippen molar-refractivity contribution >= 4 is 12.4 Å². The molecule has 0 fully saturated rings. The number of rotatable bonds is 8. The molecule has 0 aliphatic carbocycles. The highest BCUT2D eigenvalue weighted by molar-refractivity contribution is 5.85. The van der Waals surface area contributed by atoms with E-state index in [9.17, 15) is 0 Å². The molecule has 0 radical (unpaired) electrons. The molecule has 2 aromatic carbocycles. The minimum Gasteiger partial charge on any atom is -0.329 e. The monoisotopic (exact) mass is 384 g/mol. The summed E-state index contributed by atoms with van der Waals surface area (Å²) in [5, 5.41) is 4.34. The number of nitrogens with zero attached hydrogens (tertiary/aromatic N) is 3. The van der Waals surface area contributed by atoms with Crippen molar-refractivity contribution in [3.05, 3.63) is 77.6 Å². The highest BCUT2D eigenvalue weighted by Gasteiger charge is 2.12. The third-order valence-corrected chi connectivity index (χ3v) is 4.68. The molecule has 0 atom stereocenters. The highest BCUT2D eigenvalue weighted by atomic mass is 35.5. The van der Waals surface area contributed by atoms with Crippen LogP contribution >= 0.6 is 12.4 Å². The maximum Gasteiger partial charge on any atom is 0.0568 e. The standard InChI is InChI=1S/C22H28N4.ClH/c1-18-8-9-20(22(14-18)21-15-24-25(2)16-21)17-26(13-11-23)12-10-19-6-4-3-5-7-19;/h3-9,14-16H,10-13,17,23H2,1-2H3;1H. The van der Waals surface area contributed by atoms with Crippen LogP contribution in [0.15, 0.2) is 60.9 Å². The molecule has 1 aromatic heterocycles. The fraction of sp³-hybridized carbons (Fsp3) is 0.318. The van der Waals surface area contributed by atoms with Crippen LogP contribution in [0, 0.1) is 6.92 Å². The first-order valence-electron chi connectivity index (χ1n) is 9.20. The Morgan fingerprint density at radius 1 is 1.07 bits per heavy atom. The molecular weight excluding hydrogens is 356 g/mol. The normalized spacial score (nSPS) is 10.8. The summed E-state index contributed by atoms with van der Waals surface area (Å²) in [6, 6.07) is 17.3. The Bertz CT molecular complexity index is 829. The first kappa shape index (κ1) is 21.2. The molecule has 2 N–H and O–H groups in total. The van der Waals surface area contributed by atoms with E-state index in [0.717, 1.165) is 26.1 Å². The predicted molar refractivity (Wildman–Crippen MR) is 115 cm³/mol. The third kappa shape index (κ3) is 5.93. The zero-order valence-corrected chi connectivity index (χ0v) is 17.0. The SMILES string of the molecule is Cc1ccc(CN(CCN)CCc2ccccc2)c(-c2cnn(C)c2)c1.Cl. The summed E-state index contributed by atoms with van der Waals surface area (Å²) in [5.74, 6) is 0. The fourth-order valence-corrected chi connectivity index (χ4v) is 3.28. The van der Waals surface area contributed by atoms with E-state index in [0.29, 0.717) is 6.54 Å². The van der Waals surface area contributed by atoms with Gasteiger partial charge in [0.1, 0.15) is 0 Å². The molecule has 27 heavy (non-hydrogen) atoms. The van der Waals surface area contributed by atoms with Crippen LogP contribution in [-0.2, 0) is 20.0 Å². The first-order chi connectivity index (χ1) is 12.7. The molecule has 0 bridgehead atoms. The van der Waals surface area contributed by atoms with Gasteiger partial charge in [0.05, 0.1) is 6.20 Å². The van der Waals surface area contributed by atoms with Gasteiger partial charge in [-0.15, -0.1) is 12.4 Å². The Morgan fingerprint density at radius 2 is 1.85 bits per heavy atom. The summed E-state index contributed by atoms with van der Waals surface area (Å²) in [4.78, 5) is 2.44. The fourth-order valence-electron chi connectivity index (χ4n) is 3.28. The molecule has 0 saturated heterocycles. The second kappa shape index (κ2) is 10.3. The molecule has 3 aromatic rings. The summed E-state index contributed by atoms with van der Waals surface area (Å²) in [7, 11) is 1.96. The molecule has 0 aliphatic rings. The van der Waals surface area contributed by atoms with E-state index in [1.165, 1.54) is 27.8 Å². The lowest BCUT2D eigenvalue weighted by molar-refractivity contribution is 0.277. The van der Waals surface area contributed by atoms with E-state index in [4.69, 9.17) is 5.73 Å². The first-order valence-corrected chi connectivity index (χ1v) is 9.20. The summed E-state index contributed by atoms with van der Waals surface area (Å²) in [6.07, 6.45) is 5.06.